The van der Waals surface area contributed by atoms with E-state index in [1.165, 1.54) is 6.07 Å². The van der Waals surface area contributed by atoms with E-state index in [1.807, 2.05) is 0 Å². The molecule has 25 heavy (non-hydrogen) atoms. The second kappa shape index (κ2) is 10.7. The molecule has 0 saturated carbocycles. The molecule has 0 unspecified atom stereocenters. The van der Waals surface area contributed by atoms with E-state index in [0.717, 1.165) is 38.2 Å². The van der Waals surface area contributed by atoms with E-state index in [4.69, 9.17) is 11.6 Å². The highest BCUT2D eigenvalue weighted by Crippen LogP contribution is 2.35. The minimum absolute atomic E-state index is 0. The molecule has 1 aromatic rings. The van der Waals surface area contributed by atoms with Crippen LogP contribution in [0.4, 0.5) is 13.2 Å². The van der Waals surface area contributed by atoms with E-state index in [2.05, 4.69) is 28.8 Å². The number of piperazine rings is 1. The molecule has 2 rings (SSSR count). The summed E-state index contributed by atoms with van der Waals surface area (Å²) in [6.07, 6.45) is -3.81. The Morgan fingerprint density at radius 3 is 2.28 bits per heavy atom. The van der Waals surface area contributed by atoms with Gasteiger partial charge in [-0.05, 0) is 30.0 Å². The van der Waals surface area contributed by atoms with Crippen LogP contribution >= 0.6 is 36.4 Å². The van der Waals surface area contributed by atoms with Gasteiger partial charge in [0, 0.05) is 32.2 Å². The Hall–Kier alpha value is -0.400. The van der Waals surface area contributed by atoms with Crippen molar-refractivity contribution in [2.45, 2.75) is 32.7 Å². The maximum Gasteiger partial charge on any atom is 0.573 e. The van der Waals surface area contributed by atoms with Gasteiger partial charge in [0.1, 0.15) is 5.75 Å². The van der Waals surface area contributed by atoms with Crippen molar-refractivity contribution >= 4 is 36.4 Å². The van der Waals surface area contributed by atoms with Gasteiger partial charge in [-0.25, -0.2) is 0 Å². The molecule has 1 aliphatic heterocycles. The molecular weight excluding hydrogens is 400 g/mol. The molecule has 0 aromatic heterocycles. The summed E-state index contributed by atoms with van der Waals surface area (Å²) in [6.45, 7) is 7.93. The first-order valence-electron chi connectivity index (χ1n) is 7.76. The van der Waals surface area contributed by atoms with Crippen LogP contribution in [-0.4, -0.2) is 37.4 Å². The third-order valence-corrected chi connectivity index (χ3v) is 4.15. The summed E-state index contributed by atoms with van der Waals surface area (Å²) in [5.74, 6) is 0.117. The average Bonchev–Trinajstić information content (AvgIpc) is 2.46. The lowest BCUT2D eigenvalue weighted by Crippen LogP contribution is -2.45. The van der Waals surface area contributed by atoms with E-state index < -0.39 is 6.36 Å². The lowest BCUT2D eigenvalue weighted by molar-refractivity contribution is -0.274. The Labute approximate surface area is 164 Å². The fourth-order valence-electron chi connectivity index (χ4n) is 2.87. The number of ether oxygens (including phenoxy) is 1. The summed E-state index contributed by atoms with van der Waals surface area (Å²) in [6, 6.07) is 4.73. The molecule has 1 atom stereocenters. The van der Waals surface area contributed by atoms with Crippen LogP contribution in [0.3, 0.4) is 0 Å². The Balaban J connectivity index is 0.00000288. The third-order valence-electron chi connectivity index (χ3n) is 3.85. The first kappa shape index (κ1) is 24.6. The molecule has 9 heteroatoms. The van der Waals surface area contributed by atoms with Crippen molar-refractivity contribution in [3.05, 3.63) is 28.8 Å². The molecule has 1 N–H and O–H groups in total. The maximum absolute atomic E-state index is 12.3. The van der Waals surface area contributed by atoms with Gasteiger partial charge in [-0.3, -0.25) is 4.90 Å². The molecule has 0 aliphatic carbocycles. The average molecular weight is 424 g/mol. The van der Waals surface area contributed by atoms with E-state index in [0.29, 0.717) is 5.92 Å². The zero-order valence-electron chi connectivity index (χ0n) is 14.1. The van der Waals surface area contributed by atoms with Gasteiger partial charge in [-0.2, -0.15) is 0 Å². The lowest BCUT2D eigenvalue weighted by atomic mass is 9.95. The normalized spacial score (nSPS) is 16.8. The molecule has 1 fully saturated rings. The number of benzene rings is 1. The maximum atomic E-state index is 12.3. The molecule has 1 aromatic carbocycles. The molecule has 0 amide bonds. The Morgan fingerprint density at radius 1 is 1.20 bits per heavy atom. The fourth-order valence-corrected chi connectivity index (χ4v) is 3.10. The van der Waals surface area contributed by atoms with Gasteiger partial charge < -0.3 is 10.1 Å². The van der Waals surface area contributed by atoms with Gasteiger partial charge >= 0.3 is 6.36 Å². The van der Waals surface area contributed by atoms with Crippen LogP contribution in [0.15, 0.2) is 18.2 Å². The molecular formula is C16H24Cl3F3N2O. The minimum atomic E-state index is -4.74. The molecule has 146 valence electrons. The van der Waals surface area contributed by atoms with Crippen molar-refractivity contribution in [3.8, 4) is 5.75 Å². The number of alkyl halides is 3. The van der Waals surface area contributed by atoms with E-state index in [1.54, 1.807) is 12.1 Å². The predicted octanol–water partition coefficient (Wildman–Crippen LogP) is 5.07. The summed E-state index contributed by atoms with van der Waals surface area (Å²) < 4.78 is 41.0. The third kappa shape index (κ3) is 7.79. The van der Waals surface area contributed by atoms with Crippen molar-refractivity contribution in [2.24, 2.45) is 5.92 Å². The van der Waals surface area contributed by atoms with Crippen LogP contribution in [-0.2, 0) is 0 Å². The van der Waals surface area contributed by atoms with E-state index in [9.17, 15) is 13.2 Å². The number of hydrogen-bond acceptors (Lipinski definition) is 3. The summed E-state index contributed by atoms with van der Waals surface area (Å²) in [7, 11) is 0. The van der Waals surface area contributed by atoms with Crippen molar-refractivity contribution in [1.82, 2.24) is 10.2 Å². The van der Waals surface area contributed by atoms with Crippen molar-refractivity contribution < 1.29 is 17.9 Å². The van der Waals surface area contributed by atoms with Crippen molar-refractivity contribution in [2.75, 3.05) is 26.2 Å². The zero-order chi connectivity index (χ0) is 17.0. The monoisotopic (exact) mass is 422 g/mol. The van der Waals surface area contributed by atoms with Crippen LogP contribution in [0.5, 0.6) is 5.75 Å². The number of hydrogen-bond donors (Lipinski definition) is 1. The first-order chi connectivity index (χ1) is 10.8. The minimum Gasteiger partial charge on any atom is -0.404 e. The highest BCUT2D eigenvalue weighted by molar-refractivity contribution is 6.32. The lowest BCUT2D eigenvalue weighted by Gasteiger charge is -2.36. The summed E-state index contributed by atoms with van der Waals surface area (Å²) >= 11 is 6.00. The summed E-state index contributed by atoms with van der Waals surface area (Å²) in [5, 5.41) is 3.30. The summed E-state index contributed by atoms with van der Waals surface area (Å²) in [4.78, 5) is 2.35. The van der Waals surface area contributed by atoms with Gasteiger partial charge in [0.05, 0.1) is 5.02 Å². The zero-order valence-corrected chi connectivity index (χ0v) is 16.5. The topological polar surface area (TPSA) is 24.5 Å². The van der Waals surface area contributed by atoms with Crippen LogP contribution in [0.2, 0.25) is 5.02 Å². The number of halogens is 6. The quantitative estimate of drug-likeness (QED) is 0.715. The van der Waals surface area contributed by atoms with Gasteiger partial charge in [0.25, 0.3) is 0 Å². The number of nitrogens with one attached hydrogen (secondary N) is 1. The Morgan fingerprint density at radius 2 is 1.80 bits per heavy atom. The van der Waals surface area contributed by atoms with Crippen molar-refractivity contribution in [1.29, 1.82) is 0 Å². The molecule has 3 nitrogen and oxygen atoms in total. The highest BCUT2D eigenvalue weighted by Gasteiger charge is 2.32. The number of nitrogens with zero attached hydrogens (tertiary/aromatic N) is 1. The molecule has 1 aliphatic rings. The Kier molecular flexibility index (Phi) is 10.5. The highest BCUT2D eigenvalue weighted by atomic mass is 35.5. The standard InChI is InChI=1S/C16H22ClF3N2O.2ClH/c1-11(2)9-14(22-7-5-21-6-8-22)12-3-4-15(13(17)10-12)23-16(18,19)20;;/h3-4,10-11,14,21H,5-9H2,1-2H3;2*1H/t14-;;/m1../s1. The SMILES string of the molecule is CC(C)C[C@H](c1ccc(OC(F)(F)F)c(Cl)c1)N1CCNCC1.Cl.Cl. The summed E-state index contributed by atoms with van der Waals surface area (Å²) in [5.41, 5.74) is 0.931. The van der Waals surface area contributed by atoms with E-state index in [-0.39, 0.29) is 41.6 Å². The Bertz CT molecular complexity index is 524. The second-order valence-corrected chi connectivity index (χ2v) is 6.58. The van der Waals surface area contributed by atoms with Crippen LogP contribution < -0.4 is 10.1 Å². The van der Waals surface area contributed by atoms with Gasteiger partial charge in [-0.15, -0.1) is 38.0 Å². The molecule has 0 bridgehead atoms. The van der Waals surface area contributed by atoms with Gasteiger partial charge in [0.15, 0.2) is 0 Å². The molecule has 0 radical (unpaired) electrons. The smallest absolute Gasteiger partial charge is 0.404 e. The first-order valence-corrected chi connectivity index (χ1v) is 8.14. The van der Waals surface area contributed by atoms with Crippen LogP contribution in [0.25, 0.3) is 0 Å². The van der Waals surface area contributed by atoms with Gasteiger partial charge in [-0.1, -0.05) is 31.5 Å². The fraction of sp³-hybridized carbons (Fsp3) is 0.625. The number of rotatable bonds is 5. The van der Waals surface area contributed by atoms with Gasteiger partial charge in [0.2, 0.25) is 0 Å². The second-order valence-electron chi connectivity index (χ2n) is 6.17. The van der Waals surface area contributed by atoms with Crippen molar-refractivity contribution in [3.63, 3.8) is 0 Å². The molecule has 1 saturated heterocycles. The largest absolute Gasteiger partial charge is 0.573 e. The van der Waals surface area contributed by atoms with Crippen LogP contribution in [0.1, 0.15) is 31.9 Å². The van der Waals surface area contributed by atoms with Crippen LogP contribution in [0, 0.1) is 5.92 Å². The van der Waals surface area contributed by atoms with E-state index >= 15 is 0 Å². The predicted molar refractivity (Wildman–Crippen MR) is 99.3 cm³/mol. The molecule has 1 heterocycles. The molecule has 0 spiro atoms.